The lowest BCUT2D eigenvalue weighted by atomic mass is 9.83. The molecule has 18 heavy (non-hydrogen) atoms. The maximum absolute atomic E-state index is 11.8. The Morgan fingerprint density at radius 3 is 3.00 bits per heavy atom. The van der Waals surface area contributed by atoms with E-state index >= 15 is 0 Å². The molecule has 2 unspecified atom stereocenters. The number of thiophene rings is 1. The normalized spacial score (nSPS) is 24.1. The van der Waals surface area contributed by atoms with Crippen LogP contribution in [-0.4, -0.2) is 19.0 Å². The molecular formula is C14H19BrO2S. The number of halogens is 1. The molecule has 1 aliphatic carbocycles. The molecule has 0 N–H and O–H groups in total. The second kappa shape index (κ2) is 6.83. The number of hydrogen-bond donors (Lipinski definition) is 0. The smallest absolute Gasteiger partial charge is 0.198 e. The lowest BCUT2D eigenvalue weighted by Gasteiger charge is -2.26. The Labute approximate surface area is 121 Å². The highest BCUT2D eigenvalue weighted by Crippen LogP contribution is 2.28. The minimum atomic E-state index is 0.0922. The third-order valence-corrected chi connectivity index (χ3v) is 5.14. The number of carbonyl (C=O) groups excluding carboxylic acids is 1. The molecule has 1 heterocycles. The van der Waals surface area contributed by atoms with Gasteiger partial charge in [-0.3, -0.25) is 4.79 Å². The Morgan fingerprint density at radius 1 is 1.50 bits per heavy atom. The van der Waals surface area contributed by atoms with Crippen LogP contribution in [0.4, 0.5) is 0 Å². The summed E-state index contributed by atoms with van der Waals surface area (Å²) in [7, 11) is 0. The number of Topliss-reactive ketones (excluding diaryl/α,β-unsaturated/α-hetero) is 1. The molecule has 2 rings (SSSR count). The van der Waals surface area contributed by atoms with Crippen molar-refractivity contribution in [1.29, 1.82) is 0 Å². The summed E-state index contributed by atoms with van der Waals surface area (Å²) in [6.45, 7) is 3.26. The molecule has 0 spiro atoms. The molecule has 1 saturated carbocycles. The first-order chi connectivity index (χ1) is 8.65. The topological polar surface area (TPSA) is 26.3 Å². The largest absolute Gasteiger partial charge is 0.373 e. The van der Waals surface area contributed by atoms with Gasteiger partial charge in [0.25, 0.3) is 0 Å². The van der Waals surface area contributed by atoms with Gasteiger partial charge in [-0.05, 0) is 52.7 Å². The maximum Gasteiger partial charge on any atom is 0.198 e. The minimum Gasteiger partial charge on any atom is -0.373 e. The minimum absolute atomic E-state index is 0.0922. The van der Waals surface area contributed by atoms with Gasteiger partial charge in [-0.25, -0.2) is 0 Å². The van der Waals surface area contributed by atoms with Gasteiger partial charge in [0.2, 0.25) is 0 Å². The summed E-state index contributed by atoms with van der Waals surface area (Å²) < 4.78 is 6.58. The molecule has 4 heteroatoms. The Morgan fingerprint density at radius 2 is 2.33 bits per heavy atom. The Kier molecular flexibility index (Phi) is 5.39. The van der Waals surface area contributed by atoms with Crippen molar-refractivity contribution in [2.75, 3.05) is 13.2 Å². The van der Waals surface area contributed by atoms with Gasteiger partial charge in [0.1, 0.15) is 6.61 Å². The van der Waals surface area contributed by atoms with Crippen molar-refractivity contribution in [2.45, 2.75) is 32.6 Å². The van der Waals surface area contributed by atoms with Crippen LogP contribution in [0, 0.1) is 11.8 Å². The van der Waals surface area contributed by atoms with E-state index in [9.17, 15) is 4.79 Å². The molecule has 1 aromatic heterocycles. The average Bonchev–Trinajstić information content (AvgIpc) is 2.76. The van der Waals surface area contributed by atoms with Gasteiger partial charge in [0, 0.05) is 0 Å². The summed E-state index contributed by atoms with van der Waals surface area (Å²) in [6, 6.07) is 3.75. The van der Waals surface area contributed by atoms with E-state index in [2.05, 4.69) is 22.9 Å². The lowest BCUT2D eigenvalue weighted by molar-refractivity contribution is 0.0597. The molecule has 0 amide bonds. The van der Waals surface area contributed by atoms with Crippen LogP contribution in [0.15, 0.2) is 15.9 Å². The van der Waals surface area contributed by atoms with Crippen LogP contribution < -0.4 is 0 Å². The molecule has 0 aromatic carbocycles. The van der Waals surface area contributed by atoms with E-state index in [1.165, 1.54) is 37.0 Å². The number of hydrogen-bond acceptors (Lipinski definition) is 3. The van der Waals surface area contributed by atoms with E-state index in [-0.39, 0.29) is 12.4 Å². The molecule has 0 bridgehead atoms. The fourth-order valence-electron chi connectivity index (χ4n) is 2.56. The van der Waals surface area contributed by atoms with Crippen molar-refractivity contribution in [2.24, 2.45) is 11.8 Å². The molecule has 0 radical (unpaired) electrons. The summed E-state index contributed by atoms with van der Waals surface area (Å²) in [5, 5.41) is 0. The van der Waals surface area contributed by atoms with Gasteiger partial charge in [-0.2, -0.15) is 0 Å². The monoisotopic (exact) mass is 330 g/mol. The summed E-state index contributed by atoms with van der Waals surface area (Å²) in [4.78, 5) is 12.6. The Hall–Kier alpha value is -0.190. The zero-order valence-electron chi connectivity index (χ0n) is 10.7. The van der Waals surface area contributed by atoms with Crippen LogP contribution >= 0.6 is 27.3 Å². The fourth-order valence-corrected chi connectivity index (χ4v) is 3.88. The van der Waals surface area contributed by atoms with Gasteiger partial charge in [0.05, 0.1) is 15.3 Å². The van der Waals surface area contributed by atoms with Crippen LogP contribution in [-0.2, 0) is 4.74 Å². The third-order valence-electron chi connectivity index (χ3n) is 3.48. The highest BCUT2D eigenvalue weighted by Gasteiger charge is 2.19. The van der Waals surface area contributed by atoms with Crippen molar-refractivity contribution in [3.05, 3.63) is 20.8 Å². The van der Waals surface area contributed by atoms with E-state index in [1.54, 1.807) is 0 Å². The molecule has 2 atom stereocenters. The third kappa shape index (κ3) is 4.18. The lowest BCUT2D eigenvalue weighted by Crippen LogP contribution is -2.20. The molecule has 1 aliphatic rings. The summed E-state index contributed by atoms with van der Waals surface area (Å²) in [5.41, 5.74) is 0. The summed E-state index contributed by atoms with van der Waals surface area (Å²) in [5.74, 6) is 1.56. The number of ether oxygens (including phenoxy) is 1. The van der Waals surface area contributed by atoms with Crippen LogP contribution in [0.25, 0.3) is 0 Å². The Balaban J connectivity index is 1.70. The van der Waals surface area contributed by atoms with Gasteiger partial charge in [-0.15, -0.1) is 11.3 Å². The first kappa shape index (κ1) is 14.2. The summed E-state index contributed by atoms with van der Waals surface area (Å²) >= 11 is 4.83. The molecular weight excluding hydrogens is 312 g/mol. The van der Waals surface area contributed by atoms with Crippen molar-refractivity contribution < 1.29 is 9.53 Å². The van der Waals surface area contributed by atoms with Crippen LogP contribution in [0.1, 0.15) is 42.3 Å². The van der Waals surface area contributed by atoms with E-state index in [1.807, 2.05) is 12.1 Å². The molecule has 1 aromatic rings. The van der Waals surface area contributed by atoms with Gasteiger partial charge < -0.3 is 4.74 Å². The molecule has 2 nitrogen and oxygen atoms in total. The zero-order chi connectivity index (χ0) is 13.0. The van der Waals surface area contributed by atoms with Gasteiger partial charge >= 0.3 is 0 Å². The fraction of sp³-hybridized carbons (Fsp3) is 0.643. The standard InChI is InChI=1S/C14H19BrO2S/c1-10-3-2-4-11(7-10)8-17-9-12(16)13-5-6-14(15)18-13/h5-6,10-11H,2-4,7-9H2,1H3. The SMILES string of the molecule is CC1CCCC(COCC(=O)c2ccc(Br)s2)C1. The summed E-state index contributed by atoms with van der Waals surface area (Å²) in [6.07, 6.45) is 5.15. The Bertz CT molecular complexity index is 402. The van der Waals surface area contributed by atoms with Gasteiger partial charge in [0.15, 0.2) is 5.78 Å². The van der Waals surface area contributed by atoms with Crippen molar-refractivity contribution in [3.63, 3.8) is 0 Å². The molecule has 100 valence electrons. The zero-order valence-corrected chi connectivity index (χ0v) is 13.1. The molecule has 1 fully saturated rings. The van der Waals surface area contributed by atoms with E-state index < -0.39 is 0 Å². The van der Waals surface area contributed by atoms with Gasteiger partial charge in [-0.1, -0.05) is 19.8 Å². The van der Waals surface area contributed by atoms with Crippen LogP contribution in [0.5, 0.6) is 0 Å². The van der Waals surface area contributed by atoms with Crippen LogP contribution in [0.3, 0.4) is 0 Å². The van der Waals surface area contributed by atoms with Crippen molar-refractivity contribution >= 4 is 33.0 Å². The van der Waals surface area contributed by atoms with Crippen molar-refractivity contribution in [3.8, 4) is 0 Å². The number of rotatable bonds is 5. The average molecular weight is 331 g/mol. The highest BCUT2D eigenvalue weighted by molar-refractivity contribution is 9.11. The van der Waals surface area contributed by atoms with E-state index in [0.717, 1.165) is 21.2 Å². The molecule has 0 aliphatic heterocycles. The van der Waals surface area contributed by atoms with E-state index in [0.29, 0.717) is 5.92 Å². The highest BCUT2D eigenvalue weighted by atomic mass is 79.9. The van der Waals surface area contributed by atoms with Crippen LogP contribution in [0.2, 0.25) is 0 Å². The predicted octanol–water partition coefficient (Wildman–Crippen LogP) is 4.54. The predicted molar refractivity (Wildman–Crippen MR) is 78.3 cm³/mol. The first-order valence-corrected chi connectivity index (χ1v) is 8.12. The number of carbonyl (C=O) groups is 1. The second-order valence-electron chi connectivity index (χ2n) is 5.18. The van der Waals surface area contributed by atoms with E-state index in [4.69, 9.17) is 4.74 Å². The number of ketones is 1. The first-order valence-electron chi connectivity index (χ1n) is 6.51. The second-order valence-corrected chi connectivity index (χ2v) is 7.64. The maximum atomic E-state index is 11.8. The quantitative estimate of drug-likeness (QED) is 0.741. The molecule has 0 saturated heterocycles. The van der Waals surface area contributed by atoms with Crippen molar-refractivity contribution in [1.82, 2.24) is 0 Å².